The molecule has 9 heteroatoms. The first kappa shape index (κ1) is 26.2. The number of rotatable bonds is 7. The van der Waals surface area contributed by atoms with Crippen LogP contribution in [-0.2, 0) is 33.4 Å². The van der Waals surface area contributed by atoms with E-state index >= 15 is 0 Å². The van der Waals surface area contributed by atoms with Gasteiger partial charge in [0.05, 0.1) is 12.4 Å². The number of esters is 1. The Morgan fingerprint density at radius 2 is 1.94 bits per heavy atom. The molecule has 1 N–H and O–H groups in total. The number of ether oxygens (including phenoxy) is 1. The molecule has 194 valence electrons. The first-order valence-corrected chi connectivity index (χ1v) is 14.3. The zero-order chi connectivity index (χ0) is 25.8. The van der Waals surface area contributed by atoms with Gasteiger partial charge >= 0.3 is 5.97 Å². The second-order valence-electron chi connectivity index (χ2n) is 11.2. The molecule has 4 aliphatic rings. The normalized spacial score (nSPS) is 40.4. The maximum Gasteiger partial charge on any atom is 0.306 e. The van der Waals surface area contributed by atoms with Gasteiger partial charge in [-0.2, -0.15) is 8.42 Å². The maximum absolute atomic E-state index is 13.6. The molecule has 3 fully saturated rings. The van der Waals surface area contributed by atoms with Crippen molar-refractivity contribution < 1.29 is 36.8 Å². The summed E-state index contributed by atoms with van der Waals surface area (Å²) in [6.07, 6.45) is 8.55. The van der Waals surface area contributed by atoms with Crippen molar-refractivity contribution >= 4 is 27.7 Å². The molecule has 3 saturated carbocycles. The molecule has 0 radical (unpaired) electrons. The Balaban J connectivity index is 1.72. The number of carbonyl (C=O) groups is 3. The quantitative estimate of drug-likeness (QED) is 0.411. The molecule has 0 aliphatic heterocycles. The van der Waals surface area contributed by atoms with E-state index in [1.165, 1.54) is 0 Å². The standard InChI is InChI=1S/C26H36O8S/c1-5-6-22(30)34-26(21(29)15-33-35(4,31)32)12-10-19-18-8-7-16-13-17(27)9-11-24(16,2)23(18)20(28)14-25(19,26)3/h9,11,13,18-20,23,28H,5-8,10,12,14-15H2,1-4H3/t18-,19-,20-,23+,24-,25-,26+/m0/s1. The molecule has 0 heterocycles. The topological polar surface area (TPSA) is 124 Å². The van der Waals surface area contributed by atoms with Crippen molar-refractivity contribution in [3.63, 3.8) is 0 Å². The molecule has 0 aromatic heterocycles. The Hall–Kier alpha value is -1.84. The zero-order valence-corrected chi connectivity index (χ0v) is 21.7. The number of hydrogen-bond donors (Lipinski definition) is 1. The van der Waals surface area contributed by atoms with Crippen molar-refractivity contribution in [3.05, 3.63) is 23.8 Å². The van der Waals surface area contributed by atoms with Crippen LogP contribution in [0.5, 0.6) is 0 Å². The fraction of sp³-hybridized carbons (Fsp3) is 0.731. The van der Waals surface area contributed by atoms with E-state index in [-0.39, 0.29) is 42.8 Å². The lowest BCUT2D eigenvalue weighted by Gasteiger charge is -2.59. The van der Waals surface area contributed by atoms with Crippen LogP contribution >= 0.6 is 0 Å². The Kier molecular flexibility index (Phi) is 6.69. The first-order valence-electron chi connectivity index (χ1n) is 12.5. The number of carbonyl (C=O) groups excluding carboxylic acids is 3. The molecule has 0 bridgehead atoms. The van der Waals surface area contributed by atoms with Crippen LogP contribution in [0.15, 0.2) is 23.8 Å². The summed E-state index contributed by atoms with van der Waals surface area (Å²) in [5, 5.41) is 11.6. The summed E-state index contributed by atoms with van der Waals surface area (Å²) in [7, 11) is -3.87. The van der Waals surface area contributed by atoms with E-state index in [0.29, 0.717) is 12.8 Å². The average molecular weight is 509 g/mol. The number of ketones is 2. The van der Waals surface area contributed by atoms with Gasteiger partial charge in [0.15, 0.2) is 11.4 Å². The van der Waals surface area contributed by atoms with Crippen LogP contribution in [0.2, 0.25) is 0 Å². The van der Waals surface area contributed by atoms with Crippen LogP contribution in [-0.4, -0.2) is 55.6 Å². The lowest BCUT2D eigenvalue weighted by atomic mass is 9.46. The van der Waals surface area contributed by atoms with E-state index in [0.717, 1.165) is 24.7 Å². The number of fused-ring (bicyclic) bond motifs is 5. The largest absolute Gasteiger partial charge is 0.450 e. The maximum atomic E-state index is 13.6. The van der Waals surface area contributed by atoms with Gasteiger partial charge in [-0.15, -0.1) is 0 Å². The van der Waals surface area contributed by atoms with Gasteiger partial charge in [0.25, 0.3) is 10.1 Å². The molecule has 0 aromatic rings. The summed E-state index contributed by atoms with van der Waals surface area (Å²) in [6.45, 7) is 5.10. The van der Waals surface area contributed by atoms with Gasteiger partial charge in [-0.25, -0.2) is 0 Å². The molecular weight excluding hydrogens is 472 g/mol. The second kappa shape index (κ2) is 8.92. The van der Waals surface area contributed by atoms with Gasteiger partial charge < -0.3 is 9.84 Å². The van der Waals surface area contributed by atoms with Crippen LogP contribution in [0.1, 0.15) is 65.7 Å². The fourth-order valence-corrected chi connectivity index (χ4v) is 8.04. The molecule has 0 amide bonds. The van der Waals surface area contributed by atoms with Gasteiger partial charge in [0.2, 0.25) is 5.78 Å². The molecule has 4 aliphatic carbocycles. The van der Waals surface area contributed by atoms with Gasteiger partial charge in [0.1, 0.15) is 6.61 Å². The predicted octanol–water partition coefficient (Wildman–Crippen LogP) is 2.89. The Morgan fingerprint density at radius 1 is 1.23 bits per heavy atom. The third-order valence-corrected chi connectivity index (χ3v) is 9.76. The van der Waals surface area contributed by atoms with Gasteiger partial charge in [0, 0.05) is 23.2 Å². The summed E-state index contributed by atoms with van der Waals surface area (Å²) in [5.74, 6) is -1.21. The fourth-order valence-electron chi connectivity index (χ4n) is 7.72. The molecule has 8 nitrogen and oxygen atoms in total. The number of allylic oxidation sites excluding steroid dienone is 4. The molecule has 0 unspecified atom stereocenters. The molecule has 0 spiro atoms. The van der Waals surface area contributed by atoms with Crippen LogP contribution < -0.4 is 0 Å². The monoisotopic (exact) mass is 508 g/mol. The molecular formula is C26H36O8S. The summed E-state index contributed by atoms with van der Waals surface area (Å²) in [6, 6.07) is 0. The van der Waals surface area contributed by atoms with Crippen LogP contribution in [0, 0.1) is 28.6 Å². The van der Waals surface area contributed by atoms with Crippen molar-refractivity contribution in [2.75, 3.05) is 12.9 Å². The van der Waals surface area contributed by atoms with Crippen LogP contribution in [0.3, 0.4) is 0 Å². The van der Waals surface area contributed by atoms with Crippen LogP contribution in [0.25, 0.3) is 0 Å². The Morgan fingerprint density at radius 3 is 2.60 bits per heavy atom. The van der Waals surface area contributed by atoms with E-state index in [1.54, 1.807) is 12.2 Å². The summed E-state index contributed by atoms with van der Waals surface area (Å²) >= 11 is 0. The lowest BCUT2D eigenvalue weighted by molar-refractivity contribution is -0.199. The number of aliphatic hydroxyl groups excluding tert-OH is 1. The highest BCUT2D eigenvalue weighted by Gasteiger charge is 2.70. The smallest absolute Gasteiger partial charge is 0.306 e. The lowest BCUT2D eigenvalue weighted by Crippen LogP contribution is -2.63. The predicted molar refractivity (Wildman–Crippen MR) is 128 cm³/mol. The van der Waals surface area contributed by atoms with E-state index in [1.807, 2.05) is 19.9 Å². The third-order valence-electron chi connectivity index (χ3n) is 9.21. The van der Waals surface area contributed by atoms with Crippen molar-refractivity contribution in [1.29, 1.82) is 0 Å². The minimum absolute atomic E-state index is 0.0167. The molecule has 4 rings (SSSR count). The summed E-state index contributed by atoms with van der Waals surface area (Å²) < 4.78 is 34.0. The SMILES string of the molecule is CCCC(=O)O[C@@]1(C(=O)COS(C)(=O)=O)CC[C@H]2[C@@H]3CCC4=CC(=O)C=C[C@]4(C)[C@H]3[C@@H](O)C[C@@]21C. The highest BCUT2D eigenvalue weighted by molar-refractivity contribution is 7.86. The Labute approximate surface area is 207 Å². The zero-order valence-electron chi connectivity index (χ0n) is 20.9. The van der Waals surface area contributed by atoms with Crippen molar-refractivity contribution in [2.24, 2.45) is 28.6 Å². The Bertz CT molecular complexity index is 1090. The van der Waals surface area contributed by atoms with Gasteiger partial charge in [-0.05, 0) is 62.5 Å². The second-order valence-corrected chi connectivity index (χ2v) is 12.8. The molecule has 35 heavy (non-hydrogen) atoms. The summed E-state index contributed by atoms with van der Waals surface area (Å²) in [5.41, 5.74) is -1.85. The minimum Gasteiger partial charge on any atom is -0.450 e. The minimum atomic E-state index is -3.87. The highest BCUT2D eigenvalue weighted by atomic mass is 32.2. The highest BCUT2D eigenvalue weighted by Crippen LogP contribution is 2.68. The number of hydrogen-bond acceptors (Lipinski definition) is 8. The van der Waals surface area contributed by atoms with E-state index in [9.17, 15) is 27.9 Å². The van der Waals surface area contributed by atoms with E-state index in [2.05, 4.69) is 6.92 Å². The van der Waals surface area contributed by atoms with E-state index in [4.69, 9.17) is 8.92 Å². The van der Waals surface area contributed by atoms with Crippen LogP contribution in [0.4, 0.5) is 0 Å². The van der Waals surface area contributed by atoms with Gasteiger partial charge in [-0.3, -0.25) is 18.6 Å². The first-order chi connectivity index (χ1) is 16.3. The van der Waals surface area contributed by atoms with Crippen molar-refractivity contribution in [3.8, 4) is 0 Å². The third kappa shape index (κ3) is 4.23. The molecule has 0 saturated heterocycles. The van der Waals surface area contributed by atoms with Gasteiger partial charge in [-0.1, -0.05) is 32.4 Å². The molecule has 0 aromatic carbocycles. The number of Topliss-reactive ketones (excluding diaryl/α,β-unsaturated/α-hetero) is 1. The van der Waals surface area contributed by atoms with Crippen molar-refractivity contribution in [1.82, 2.24) is 0 Å². The molecule has 7 atom stereocenters. The average Bonchev–Trinajstić information content (AvgIpc) is 3.04. The number of aliphatic hydroxyl groups is 1. The summed E-state index contributed by atoms with van der Waals surface area (Å²) in [4.78, 5) is 38.3. The van der Waals surface area contributed by atoms with E-state index < -0.39 is 51.0 Å². The van der Waals surface area contributed by atoms with Crippen molar-refractivity contribution in [2.45, 2.75) is 77.4 Å².